The number of nitrogens with zero attached hydrogens (tertiary/aromatic N) is 1. The van der Waals surface area contributed by atoms with Crippen LogP contribution in [0.1, 0.15) is 12.8 Å². The number of para-hydroxylation sites is 1. The van der Waals surface area contributed by atoms with Crippen LogP contribution in [0.25, 0.3) is 0 Å². The molecule has 18 heavy (non-hydrogen) atoms. The number of benzene rings is 1. The Hall–Kier alpha value is -1.07. The van der Waals surface area contributed by atoms with E-state index < -0.39 is 9.84 Å². The fourth-order valence-corrected chi connectivity index (χ4v) is 3.34. The van der Waals surface area contributed by atoms with E-state index in [9.17, 15) is 8.42 Å². The number of sulfone groups is 1. The summed E-state index contributed by atoms with van der Waals surface area (Å²) in [5.74, 6) is 0. The van der Waals surface area contributed by atoms with Gasteiger partial charge in [-0.25, -0.2) is 8.42 Å². The van der Waals surface area contributed by atoms with E-state index >= 15 is 0 Å². The van der Waals surface area contributed by atoms with Crippen LogP contribution in [0.4, 0.5) is 5.69 Å². The van der Waals surface area contributed by atoms with Crippen molar-refractivity contribution in [3.63, 3.8) is 0 Å². The lowest BCUT2D eigenvalue weighted by Gasteiger charge is -2.34. The zero-order valence-corrected chi connectivity index (χ0v) is 11.7. The van der Waals surface area contributed by atoms with Gasteiger partial charge in [-0.15, -0.1) is 0 Å². The van der Waals surface area contributed by atoms with Gasteiger partial charge in [0.05, 0.1) is 10.6 Å². The molecule has 0 amide bonds. The van der Waals surface area contributed by atoms with E-state index in [0.717, 1.165) is 31.6 Å². The number of anilines is 1. The predicted octanol–water partition coefficient (Wildman–Crippen LogP) is 1.28. The molecule has 1 aromatic carbocycles. The smallest absolute Gasteiger partial charge is 0.177 e. The number of hydrogen-bond acceptors (Lipinski definition) is 4. The van der Waals surface area contributed by atoms with Gasteiger partial charge in [-0.3, -0.25) is 0 Å². The van der Waals surface area contributed by atoms with E-state index in [1.807, 2.05) is 19.2 Å². The lowest BCUT2D eigenvalue weighted by Crippen LogP contribution is -2.41. The van der Waals surface area contributed by atoms with E-state index in [4.69, 9.17) is 0 Å². The fourth-order valence-electron chi connectivity index (χ4n) is 2.44. The van der Waals surface area contributed by atoms with Gasteiger partial charge < -0.3 is 10.2 Å². The maximum absolute atomic E-state index is 11.8. The maximum Gasteiger partial charge on any atom is 0.177 e. The van der Waals surface area contributed by atoms with Gasteiger partial charge in [0.1, 0.15) is 0 Å². The molecule has 1 fully saturated rings. The van der Waals surface area contributed by atoms with Crippen LogP contribution in [0.15, 0.2) is 29.2 Å². The van der Waals surface area contributed by atoms with Gasteiger partial charge in [0.15, 0.2) is 9.84 Å². The van der Waals surface area contributed by atoms with Gasteiger partial charge in [-0.05, 0) is 32.0 Å². The molecule has 100 valence electrons. The number of piperidine rings is 1. The first kappa shape index (κ1) is 13.4. The highest BCUT2D eigenvalue weighted by molar-refractivity contribution is 7.90. The monoisotopic (exact) mass is 268 g/mol. The third-order valence-corrected chi connectivity index (χ3v) is 4.65. The lowest BCUT2D eigenvalue weighted by atomic mass is 10.0. The van der Waals surface area contributed by atoms with Crippen molar-refractivity contribution >= 4 is 15.5 Å². The molecule has 1 aromatic rings. The molecule has 0 spiro atoms. The average molecular weight is 268 g/mol. The van der Waals surface area contributed by atoms with Crippen molar-refractivity contribution in [1.29, 1.82) is 0 Å². The molecule has 0 aromatic heterocycles. The molecular weight excluding hydrogens is 248 g/mol. The fraction of sp³-hybridized carbons (Fsp3) is 0.538. The van der Waals surface area contributed by atoms with Crippen LogP contribution in [0.5, 0.6) is 0 Å². The largest absolute Gasteiger partial charge is 0.370 e. The van der Waals surface area contributed by atoms with Gasteiger partial charge in [0, 0.05) is 25.4 Å². The zero-order chi connectivity index (χ0) is 13.2. The molecule has 0 bridgehead atoms. The van der Waals surface area contributed by atoms with Gasteiger partial charge in [0.25, 0.3) is 0 Å². The van der Waals surface area contributed by atoms with Crippen LogP contribution in [-0.4, -0.2) is 40.9 Å². The van der Waals surface area contributed by atoms with E-state index in [1.54, 1.807) is 12.1 Å². The number of nitrogens with one attached hydrogen (secondary N) is 1. The van der Waals surface area contributed by atoms with Crippen molar-refractivity contribution in [1.82, 2.24) is 5.32 Å². The highest BCUT2D eigenvalue weighted by atomic mass is 32.2. The molecule has 0 aliphatic carbocycles. The van der Waals surface area contributed by atoms with Crippen LogP contribution < -0.4 is 10.2 Å². The molecule has 0 radical (unpaired) electrons. The van der Waals surface area contributed by atoms with Crippen LogP contribution >= 0.6 is 0 Å². The Bertz CT molecular complexity index is 505. The SMILES string of the molecule is CNC1CCN(c2ccccc2S(C)(=O)=O)CC1. The third kappa shape index (κ3) is 2.84. The first-order valence-corrected chi connectivity index (χ1v) is 8.13. The topological polar surface area (TPSA) is 49.4 Å². The Labute approximate surface area is 109 Å². The summed E-state index contributed by atoms with van der Waals surface area (Å²) < 4.78 is 23.6. The zero-order valence-electron chi connectivity index (χ0n) is 10.9. The molecule has 4 nitrogen and oxygen atoms in total. The second-order valence-electron chi connectivity index (χ2n) is 4.79. The summed E-state index contributed by atoms with van der Waals surface area (Å²) in [6.07, 6.45) is 3.37. The molecule has 1 N–H and O–H groups in total. The van der Waals surface area contributed by atoms with Crippen molar-refractivity contribution in [3.05, 3.63) is 24.3 Å². The van der Waals surface area contributed by atoms with Crippen molar-refractivity contribution in [2.45, 2.75) is 23.8 Å². The molecule has 1 aliphatic heterocycles. The van der Waals surface area contributed by atoms with Crippen molar-refractivity contribution in [3.8, 4) is 0 Å². The highest BCUT2D eigenvalue weighted by Gasteiger charge is 2.22. The summed E-state index contributed by atoms with van der Waals surface area (Å²) in [5.41, 5.74) is 0.842. The Morgan fingerprint density at radius 3 is 2.39 bits per heavy atom. The molecular formula is C13H20N2O2S. The molecule has 1 heterocycles. The summed E-state index contributed by atoms with van der Waals surface area (Å²) in [4.78, 5) is 2.61. The minimum absolute atomic E-state index is 0.438. The van der Waals surface area contributed by atoms with Crippen molar-refractivity contribution < 1.29 is 8.42 Å². The average Bonchev–Trinajstić information content (AvgIpc) is 2.38. The molecule has 0 saturated carbocycles. The lowest BCUT2D eigenvalue weighted by molar-refractivity contribution is 0.441. The van der Waals surface area contributed by atoms with E-state index in [1.165, 1.54) is 6.26 Å². The van der Waals surface area contributed by atoms with Crippen molar-refractivity contribution in [2.75, 3.05) is 31.3 Å². The quantitative estimate of drug-likeness (QED) is 0.897. The predicted molar refractivity (Wildman–Crippen MR) is 73.8 cm³/mol. The van der Waals surface area contributed by atoms with E-state index in [-0.39, 0.29) is 0 Å². The second kappa shape index (κ2) is 5.28. The second-order valence-corrected chi connectivity index (χ2v) is 6.77. The molecule has 0 unspecified atom stereocenters. The van der Waals surface area contributed by atoms with Gasteiger partial charge >= 0.3 is 0 Å². The van der Waals surface area contributed by atoms with E-state index in [2.05, 4.69) is 10.2 Å². The number of rotatable bonds is 3. The van der Waals surface area contributed by atoms with Crippen LogP contribution in [0, 0.1) is 0 Å². The summed E-state index contributed by atoms with van der Waals surface area (Å²) in [6.45, 7) is 1.80. The van der Waals surface area contributed by atoms with E-state index in [0.29, 0.717) is 10.9 Å². The molecule has 1 saturated heterocycles. The molecule has 1 aliphatic rings. The minimum atomic E-state index is -3.16. The normalized spacial score (nSPS) is 18.0. The third-order valence-electron chi connectivity index (χ3n) is 3.51. The summed E-state index contributed by atoms with van der Waals surface area (Å²) >= 11 is 0. The minimum Gasteiger partial charge on any atom is -0.370 e. The summed E-state index contributed by atoms with van der Waals surface area (Å²) in [7, 11) is -1.18. The Kier molecular flexibility index (Phi) is 3.92. The maximum atomic E-state index is 11.8. The van der Waals surface area contributed by atoms with Crippen LogP contribution in [0.3, 0.4) is 0 Å². The molecule has 0 atom stereocenters. The number of hydrogen-bond donors (Lipinski definition) is 1. The first-order chi connectivity index (χ1) is 8.52. The van der Waals surface area contributed by atoms with Gasteiger partial charge in [-0.2, -0.15) is 0 Å². The summed E-state index contributed by atoms with van der Waals surface area (Å²) in [6, 6.07) is 7.81. The Balaban J connectivity index is 2.25. The summed E-state index contributed by atoms with van der Waals surface area (Å²) in [5, 5.41) is 3.28. The van der Waals surface area contributed by atoms with Gasteiger partial charge in [0.2, 0.25) is 0 Å². The first-order valence-electron chi connectivity index (χ1n) is 6.23. The Morgan fingerprint density at radius 1 is 1.22 bits per heavy atom. The molecule has 5 heteroatoms. The standard InChI is InChI=1S/C13H20N2O2S/c1-14-11-7-9-15(10-8-11)12-5-3-4-6-13(12)18(2,16)17/h3-6,11,14H,7-10H2,1-2H3. The highest BCUT2D eigenvalue weighted by Crippen LogP contribution is 2.27. The van der Waals surface area contributed by atoms with Crippen molar-refractivity contribution in [2.24, 2.45) is 0 Å². The Morgan fingerprint density at radius 2 is 1.83 bits per heavy atom. The van der Waals surface area contributed by atoms with Crippen LogP contribution in [0.2, 0.25) is 0 Å². The van der Waals surface area contributed by atoms with Gasteiger partial charge in [-0.1, -0.05) is 12.1 Å². The van der Waals surface area contributed by atoms with Crippen LogP contribution in [-0.2, 0) is 9.84 Å². The molecule has 2 rings (SSSR count).